The molecule has 1 unspecified atom stereocenters. The van der Waals surface area contributed by atoms with E-state index in [1.54, 1.807) is 12.1 Å². The molecule has 1 aromatic rings. The first-order chi connectivity index (χ1) is 8.88. The quantitative estimate of drug-likeness (QED) is 0.678. The molecule has 10 heteroatoms. The van der Waals surface area contributed by atoms with Crippen LogP contribution in [0, 0.1) is 0 Å². The van der Waals surface area contributed by atoms with Crippen LogP contribution in [0.15, 0.2) is 37.8 Å². The molecule has 0 fully saturated rings. The first-order valence-electron chi connectivity index (χ1n) is 5.21. The van der Waals surface area contributed by atoms with Crippen molar-refractivity contribution in [2.45, 2.75) is 5.79 Å². The van der Waals surface area contributed by atoms with Gasteiger partial charge in [-0.2, -0.15) is 10.4 Å². The zero-order chi connectivity index (χ0) is 13.7. The van der Waals surface area contributed by atoms with Crippen molar-refractivity contribution in [2.75, 3.05) is 6.26 Å². The summed E-state index contributed by atoms with van der Waals surface area (Å²) in [5.74, 6) is -0.852. The standard InChI is InChI=1S/C9H10N6O3S/c1-19(16,17)8-11-5-15-7(12-8)13-9(10,14-15)6-3-2-4-18-6/h2-5,14H,10H2,1H3. The van der Waals surface area contributed by atoms with Crippen LogP contribution in [0.4, 0.5) is 0 Å². The second-order valence-corrected chi connectivity index (χ2v) is 5.96. The van der Waals surface area contributed by atoms with Crippen LogP contribution in [0.5, 0.6) is 0 Å². The summed E-state index contributed by atoms with van der Waals surface area (Å²) in [4.78, 5) is 11.7. The zero-order valence-corrected chi connectivity index (χ0v) is 10.6. The normalized spacial score (nSPS) is 26.1. The maximum Gasteiger partial charge on any atom is 0.251 e. The van der Waals surface area contributed by atoms with Crippen molar-refractivity contribution in [1.82, 2.24) is 10.4 Å². The van der Waals surface area contributed by atoms with Gasteiger partial charge in [-0.1, -0.05) is 0 Å². The van der Waals surface area contributed by atoms with Crippen molar-refractivity contribution in [2.24, 2.45) is 20.7 Å². The van der Waals surface area contributed by atoms with Gasteiger partial charge in [0.15, 0.2) is 5.76 Å². The minimum absolute atomic E-state index is 0.106. The van der Waals surface area contributed by atoms with Crippen LogP contribution >= 0.6 is 0 Å². The van der Waals surface area contributed by atoms with E-state index < -0.39 is 15.6 Å². The molecule has 0 saturated heterocycles. The Kier molecular flexibility index (Phi) is 2.36. The van der Waals surface area contributed by atoms with E-state index in [0.29, 0.717) is 5.76 Å². The monoisotopic (exact) mass is 282 g/mol. The average molecular weight is 282 g/mol. The van der Waals surface area contributed by atoms with E-state index in [4.69, 9.17) is 10.2 Å². The van der Waals surface area contributed by atoms with Gasteiger partial charge in [-0.25, -0.2) is 23.4 Å². The lowest BCUT2D eigenvalue weighted by Crippen LogP contribution is -2.51. The third-order valence-electron chi connectivity index (χ3n) is 2.49. The number of hydrogen-bond acceptors (Lipinski definition) is 9. The highest BCUT2D eigenvalue weighted by Crippen LogP contribution is 2.24. The van der Waals surface area contributed by atoms with Crippen molar-refractivity contribution in [3.05, 3.63) is 24.2 Å². The van der Waals surface area contributed by atoms with Crippen LogP contribution < -0.4 is 11.2 Å². The number of furan rings is 1. The second kappa shape index (κ2) is 3.73. The van der Waals surface area contributed by atoms with Gasteiger partial charge < -0.3 is 4.42 Å². The number of rotatable bonds is 1. The zero-order valence-electron chi connectivity index (χ0n) is 9.81. The SMILES string of the molecule is CS(=O)(=O)C1=NC2=NC(N)(c3ccco3)NN2C=N1. The van der Waals surface area contributed by atoms with Gasteiger partial charge >= 0.3 is 0 Å². The fourth-order valence-corrected chi connectivity index (χ4v) is 2.12. The van der Waals surface area contributed by atoms with Crippen LogP contribution in [-0.2, 0) is 15.6 Å². The summed E-state index contributed by atoms with van der Waals surface area (Å²) in [6, 6.07) is 3.32. The fourth-order valence-electron chi connectivity index (χ4n) is 1.64. The van der Waals surface area contributed by atoms with Gasteiger partial charge in [0.1, 0.15) is 6.34 Å². The number of hydrazine groups is 1. The van der Waals surface area contributed by atoms with Gasteiger partial charge in [-0.05, 0) is 12.1 Å². The number of nitrogens with two attached hydrogens (primary N) is 1. The minimum atomic E-state index is -3.50. The summed E-state index contributed by atoms with van der Waals surface area (Å²) in [7, 11) is -3.50. The molecule has 0 spiro atoms. The summed E-state index contributed by atoms with van der Waals surface area (Å²) in [5.41, 5.74) is 8.83. The maximum atomic E-state index is 11.4. The first kappa shape index (κ1) is 12.0. The summed E-state index contributed by atoms with van der Waals surface area (Å²) in [5, 5.41) is 1.02. The first-order valence-corrected chi connectivity index (χ1v) is 7.10. The highest BCUT2D eigenvalue weighted by atomic mass is 32.2. The maximum absolute atomic E-state index is 11.4. The predicted octanol–water partition coefficient (Wildman–Crippen LogP) is -1.03. The van der Waals surface area contributed by atoms with E-state index in [-0.39, 0.29) is 11.1 Å². The van der Waals surface area contributed by atoms with E-state index in [1.165, 1.54) is 17.6 Å². The molecule has 9 nitrogen and oxygen atoms in total. The molecule has 19 heavy (non-hydrogen) atoms. The number of fused-ring (bicyclic) bond motifs is 1. The third kappa shape index (κ3) is 1.95. The molecule has 0 saturated carbocycles. The molecule has 3 heterocycles. The summed E-state index contributed by atoms with van der Waals surface area (Å²) >= 11 is 0. The minimum Gasteiger partial charge on any atom is -0.464 e. The molecule has 0 aliphatic carbocycles. The smallest absolute Gasteiger partial charge is 0.251 e. The lowest BCUT2D eigenvalue weighted by atomic mass is 10.3. The second-order valence-electron chi connectivity index (χ2n) is 4.05. The van der Waals surface area contributed by atoms with Crippen molar-refractivity contribution < 1.29 is 12.8 Å². The molecule has 1 atom stereocenters. The van der Waals surface area contributed by atoms with Crippen molar-refractivity contribution in [3.8, 4) is 0 Å². The van der Waals surface area contributed by atoms with Crippen LogP contribution in [0.2, 0.25) is 0 Å². The van der Waals surface area contributed by atoms with Gasteiger partial charge in [0.05, 0.1) is 6.26 Å². The van der Waals surface area contributed by atoms with Gasteiger partial charge in [0.2, 0.25) is 21.6 Å². The van der Waals surface area contributed by atoms with E-state index in [1.807, 2.05) is 0 Å². The van der Waals surface area contributed by atoms with Crippen molar-refractivity contribution >= 4 is 27.3 Å². The summed E-state index contributed by atoms with van der Waals surface area (Å²) in [6.45, 7) is 0. The molecular formula is C9H10N6O3S. The number of nitrogens with one attached hydrogen (secondary N) is 1. The van der Waals surface area contributed by atoms with E-state index in [0.717, 1.165) is 6.26 Å². The van der Waals surface area contributed by atoms with Crippen LogP contribution in [0.3, 0.4) is 0 Å². The Labute approximate surface area is 108 Å². The van der Waals surface area contributed by atoms with Gasteiger partial charge in [-0.3, -0.25) is 5.73 Å². The Balaban J connectivity index is 2.02. The molecule has 3 N–H and O–H groups in total. The van der Waals surface area contributed by atoms with Crippen LogP contribution in [-0.4, -0.2) is 37.1 Å². The lowest BCUT2D eigenvalue weighted by molar-refractivity contribution is 0.248. The molecule has 0 radical (unpaired) electrons. The predicted molar refractivity (Wildman–Crippen MR) is 67.8 cm³/mol. The molecule has 100 valence electrons. The number of hydrogen-bond donors (Lipinski definition) is 2. The van der Waals surface area contributed by atoms with Crippen LogP contribution in [0.1, 0.15) is 5.76 Å². The summed E-state index contributed by atoms with van der Waals surface area (Å²) < 4.78 is 27.9. The molecule has 2 aliphatic rings. The molecule has 0 aromatic carbocycles. The fraction of sp³-hybridized carbons (Fsp3) is 0.222. The third-order valence-corrected chi connectivity index (χ3v) is 3.35. The molecule has 0 amide bonds. The topological polar surface area (TPSA) is 126 Å². The molecule has 3 rings (SSSR count). The lowest BCUT2D eigenvalue weighted by Gasteiger charge is -2.21. The molecule has 0 bridgehead atoms. The van der Waals surface area contributed by atoms with Crippen molar-refractivity contribution in [3.63, 3.8) is 0 Å². The van der Waals surface area contributed by atoms with Crippen LogP contribution in [0.25, 0.3) is 0 Å². The Morgan fingerprint density at radius 1 is 1.53 bits per heavy atom. The number of sulfone groups is 1. The Bertz CT molecular complexity index is 704. The number of guanidine groups is 1. The molecule has 1 aromatic heterocycles. The largest absolute Gasteiger partial charge is 0.464 e. The van der Waals surface area contributed by atoms with E-state index in [2.05, 4.69) is 20.4 Å². The highest BCUT2D eigenvalue weighted by molar-refractivity contribution is 8.05. The summed E-state index contributed by atoms with van der Waals surface area (Å²) in [6.07, 6.45) is 3.73. The Morgan fingerprint density at radius 3 is 2.95 bits per heavy atom. The number of nitrogens with zero attached hydrogens (tertiary/aromatic N) is 4. The Hall–Kier alpha value is -2.04. The molecule has 2 aliphatic heterocycles. The number of aliphatic imine (C=N–C) groups is 3. The van der Waals surface area contributed by atoms with E-state index >= 15 is 0 Å². The molecular weight excluding hydrogens is 272 g/mol. The Morgan fingerprint density at radius 2 is 2.32 bits per heavy atom. The van der Waals surface area contributed by atoms with Gasteiger partial charge in [0, 0.05) is 6.26 Å². The highest BCUT2D eigenvalue weighted by Gasteiger charge is 2.40. The van der Waals surface area contributed by atoms with Crippen molar-refractivity contribution in [1.29, 1.82) is 0 Å². The van der Waals surface area contributed by atoms with Gasteiger partial charge in [-0.15, -0.1) is 0 Å². The average Bonchev–Trinajstić information content (AvgIpc) is 2.93. The van der Waals surface area contributed by atoms with E-state index in [9.17, 15) is 8.42 Å². The number of amidine groups is 1. The van der Waals surface area contributed by atoms with Gasteiger partial charge in [0.25, 0.3) is 5.17 Å².